The van der Waals surface area contributed by atoms with Crippen LogP contribution in [0.15, 0.2) is 47.3 Å². The van der Waals surface area contributed by atoms with E-state index in [1.54, 1.807) is 28.4 Å². The van der Waals surface area contributed by atoms with Crippen molar-refractivity contribution in [1.29, 1.82) is 0 Å². The molecule has 4 nitrogen and oxygen atoms in total. The van der Waals surface area contributed by atoms with Crippen molar-refractivity contribution >= 4 is 44.6 Å². The minimum atomic E-state index is 0.690. The number of thiophene rings is 1. The van der Waals surface area contributed by atoms with Crippen LogP contribution in [0.4, 0.5) is 5.69 Å². The van der Waals surface area contributed by atoms with E-state index in [1.807, 2.05) is 30.5 Å². The molecule has 0 saturated heterocycles. The molecule has 0 aliphatic carbocycles. The van der Waals surface area contributed by atoms with Crippen molar-refractivity contribution in [3.63, 3.8) is 0 Å². The molecule has 0 spiro atoms. The molecule has 0 aliphatic rings. The summed E-state index contributed by atoms with van der Waals surface area (Å²) < 4.78 is 3.43. The molecule has 3 aromatic heterocycles. The van der Waals surface area contributed by atoms with Gasteiger partial charge in [-0.05, 0) is 40.2 Å². The summed E-state index contributed by atoms with van der Waals surface area (Å²) in [6, 6.07) is 7.76. The van der Waals surface area contributed by atoms with E-state index in [9.17, 15) is 0 Å². The smallest absolute Gasteiger partial charge is 0.176 e. The Hall–Kier alpha value is -1.37. The maximum Gasteiger partial charge on any atom is 0.176 e. The van der Waals surface area contributed by atoms with Gasteiger partial charge in [0, 0.05) is 34.5 Å². The molecule has 3 rings (SSSR count). The monoisotopic (exact) mass is 368 g/mol. The fourth-order valence-corrected chi connectivity index (χ4v) is 3.50. The van der Waals surface area contributed by atoms with Crippen molar-refractivity contribution in [3.8, 4) is 5.82 Å². The molecule has 7 heteroatoms. The van der Waals surface area contributed by atoms with E-state index in [2.05, 4.69) is 31.3 Å². The molecular weight excluding hydrogens is 360 g/mol. The Morgan fingerprint density at radius 3 is 2.95 bits per heavy atom. The maximum absolute atomic E-state index is 6.04. The summed E-state index contributed by atoms with van der Waals surface area (Å²) in [4.78, 5) is 5.51. The maximum atomic E-state index is 6.04. The first-order valence-corrected chi connectivity index (χ1v) is 7.85. The Kier molecular flexibility index (Phi) is 4.05. The molecule has 0 radical (unpaired) electrons. The first kappa shape index (κ1) is 13.6. The molecule has 0 amide bonds. The second-order valence-electron chi connectivity index (χ2n) is 4.01. The van der Waals surface area contributed by atoms with Crippen LogP contribution in [0.1, 0.15) is 4.88 Å². The van der Waals surface area contributed by atoms with Crippen LogP contribution in [0.3, 0.4) is 0 Å². The number of hydrogen-bond donors (Lipinski definition) is 1. The number of rotatable bonds is 4. The van der Waals surface area contributed by atoms with Gasteiger partial charge in [0.1, 0.15) is 4.34 Å². The molecule has 0 fully saturated rings. The van der Waals surface area contributed by atoms with Gasteiger partial charge < -0.3 is 5.32 Å². The van der Waals surface area contributed by atoms with Crippen LogP contribution in [0.5, 0.6) is 0 Å². The lowest BCUT2D eigenvalue weighted by Crippen LogP contribution is -2.05. The molecule has 0 saturated carbocycles. The van der Waals surface area contributed by atoms with Crippen LogP contribution in [0.25, 0.3) is 5.82 Å². The highest BCUT2D eigenvalue weighted by Gasteiger charge is 2.08. The van der Waals surface area contributed by atoms with Crippen molar-refractivity contribution in [2.24, 2.45) is 0 Å². The summed E-state index contributed by atoms with van der Waals surface area (Å²) in [5.74, 6) is 0.777. The Morgan fingerprint density at radius 1 is 1.35 bits per heavy atom. The normalized spacial score (nSPS) is 10.7. The van der Waals surface area contributed by atoms with E-state index in [4.69, 9.17) is 11.6 Å². The van der Waals surface area contributed by atoms with E-state index < -0.39 is 0 Å². The highest BCUT2D eigenvalue weighted by Crippen LogP contribution is 2.32. The molecular formula is C13H10BrClN4S. The first-order valence-electron chi connectivity index (χ1n) is 5.86. The average molecular weight is 370 g/mol. The molecule has 0 aromatic carbocycles. The van der Waals surface area contributed by atoms with Crippen LogP contribution in [0.2, 0.25) is 4.34 Å². The third-order valence-electron chi connectivity index (χ3n) is 2.66. The lowest BCUT2D eigenvalue weighted by molar-refractivity contribution is 0.846. The fourth-order valence-electron chi connectivity index (χ4n) is 1.77. The van der Waals surface area contributed by atoms with E-state index in [-0.39, 0.29) is 0 Å². The molecule has 102 valence electrons. The van der Waals surface area contributed by atoms with E-state index in [1.165, 1.54) is 0 Å². The molecule has 0 aliphatic heterocycles. The van der Waals surface area contributed by atoms with Gasteiger partial charge in [-0.15, -0.1) is 11.3 Å². The third kappa shape index (κ3) is 2.87. The predicted octanol–water partition coefficient (Wildman–Crippen LogP) is 4.36. The van der Waals surface area contributed by atoms with Crippen LogP contribution in [-0.4, -0.2) is 14.8 Å². The quantitative estimate of drug-likeness (QED) is 0.743. The van der Waals surface area contributed by atoms with Gasteiger partial charge >= 0.3 is 0 Å². The summed E-state index contributed by atoms with van der Waals surface area (Å²) in [5, 5.41) is 7.57. The van der Waals surface area contributed by atoms with Gasteiger partial charge in [-0.3, -0.25) is 0 Å². The van der Waals surface area contributed by atoms with Crippen molar-refractivity contribution in [2.75, 3.05) is 5.32 Å². The number of pyridine rings is 1. The zero-order valence-corrected chi connectivity index (χ0v) is 13.4. The van der Waals surface area contributed by atoms with Gasteiger partial charge in [0.2, 0.25) is 0 Å². The molecule has 0 atom stereocenters. The highest BCUT2D eigenvalue weighted by atomic mass is 79.9. The highest BCUT2D eigenvalue weighted by molar-refractivity contribution is 9.10. The van der Waals surface area contributed by atoms with E-state index in [0.29, 0.717) is 6.54 Å². The topological polar surface area (TPSA) is 42.7 Å². The van der Waals surface area contributed by atoms with Gasteiger partial charge in [-0.2, -0.15) is 5.10 Å². The van der Waals surface area contributed by atoms with Crippen LogP contribution in [-0.2, 0) is 6.54 Å². The lowest BCUT2D eigenvalue weighted by atomic mass is 10.3. The second-order valence-corrected chi connectivity index (χ2v) is 6.61. The van der Waals surface area contributed by atoms with E-state index >= 15 is 0 Å². The third-order valence-corrected chi connectivity index (χ3v) is 5.13. The predicted molar refractivity (Wildman–Crippen MR) is 85.7 cm³/mol. The van der Waals surface area contributed by atoms with Crippen LogP contribution < -0.4 is 5.32 Å². The van der Waals surface area contributed by atoms with Crippen molar-refractivity contribution in [2.45, 2.75) is 6.54 Å². The molecule has 0 unspecified atom stereocenters. The van der Waals surface area contributed by atoms with Gasteiger partial charge in [0.25, 0.3) is 0 Å². The zero-order valence-electron chi connectivity index (χ0n) is 10.3. The standard InChI is InChI=1S/C13H10BrClN4S/c14-10-7-9(20-12(10)15)8-17-11-3-1-4-16-13(11)19-6-2-5-18-19/h1-7,17H,8H2. The minimum Gasteiger partial charge on any atom is -0.377 e. The number of anilines is 1. The average Bonchev–Trinajstić information content (AvgIpc) is 3.08. The lowest BCUT2D eigenvalue weighted by Gasteiger charge is -2.09. The van der Waals surface area contributed by atoms with Crippen molar-refractivity contribution in [3.05, 3.63) is 56.5 Å². The zero-order chi connectivity index (χ0) is 13.9. The van der Waals surface area contributed by atoms with E-state index in [0.717, 1.165) is 25.2 Å². The minimum absolute atomic E-state index is 0.690. The van der Waals surface area contributed by atoms with Crippen molar-refractivity contribution < 1.29 is 0 Å². The molecule has 20 heavy (non-hydrogen) atoms. The summed E-state index contributed by atoms with van der Waals surface area (Å²) in [6.45, 7) is 0.690. The Bertz CT molecular complexity index is 691. The Balaban J connectivity index is 1.81. The summed E-state index contributed by atoms with van der Waals surface area (Å²) in [6.07, 6.45) is 5.35. The largest absolute Gasteiger partial charge is 0.377 e. The summed E-state index contributed by atoms with van der Waals surface area (Å²) in [7, 11) is 0. The molecule has 0 bridgehead atoms. The fraction of sp³-hybridized carbons (Fsp3) is 0.0769. The number of nitrogens with zero attached hydrogens (tertiary/aromatic N) is 3. The SMILES string of the molecule is Clc1sc(CNc2cccnc2-n2cccn2)cc1Br. The van der Waals surface area contributed by atoms with Crippen LogP contribution in [0, 0.1) is 0 Å². The second kappa shape index (κ2) is 5.95. The van der Waals surface area contributed by atoms with Gasteiger partial charge in [0.15, 0.2) is 5.82 Å². The Morgan fingerprint density at radius 2 is 2.25 bits per heavy atom. The first-order chi connectivity index (χ1) is 9.74. The van der Waals surface area contributed by atoms with Gasteiger partial charge in [-0.1, -0.05) is 11.6 Å². The number of halogens is 2. The Labute approximate surface area is 133 Å². The van der Waals surface area contributed by atoms with Crippen molar-refractivity contribution in [1.82, 2.24) is 14.8 Å². The summed E-state index contributed by atoms with van der Waals surface area (Å²) >= 11 is 11.0. The number of aromatic nitrogens is 3. The number of hydrogen-bond acceptors (Lipinski definition) is 4. The molecule has 1 N–H and O–H groups in total. The molecule has 3 heterocycles. The summed E-state index contributed by atoms with van der Waals surface area (Å²) in [5.41, 5.74) is 0.928. The number of nitrogens with one attached hydrogen (secondary N) is 1. The van der Waals surface area contributed by atoms with Gasteiger partial charge in [0.05, 0.1) is 5.69 Å². The van der Waals surface area contributed by atoms with Crippen LogP contribution >= 0.6 is 38.9 Å². The molecule has 3 aromatic rings. The van der Waals surface area contributed by atoms with Gasteiger partial charge in [-0.25, -0.2) is 9.67 Å².